The molecule has 38 heavy (non-hydrogen) atoms. The predicted octanol–water partition coefficient (Wildman–Crippen LogP) is 4.95. The van der Waals surface area contributed by atoms with Crippen molar-refractivity contribution in [3.05, 3.63) is 63.1 Å². The van der Waals surface area contributed by atoms with Crippen molar-refractivity contribution >= 4 is 50.9 Å². The van der Waals surface area contributed by atoms with Crippen molar-refractivity contribution in [1.82, 2.24) is 14.5 Å². The Labute approximate surface area is 237 Å². The fourth-order valence-corrected chi connectivity index (χ4v) is 5.60. The van der Waals surface area contributed by atoms with Crippen LogP contribution in [0.25, 0.3) is 0 Å². The smallest absolute Gasteiger partial charge is 0.304 e. The number of unbranched alkanes of at least 4 members (excludes halogenated alkanes) is 1. The van der Waals surface area contributed by atoms with E-state index < -0.39 is 28.7 Å². The second-order valence-corrected chi connectivity index (χ2v) is 12.3. The van der Waals surface area contributed by atoms with Crippen molar-refractivity contribution in [2.75, 3.05) is 31.5 Å². The molecule has 8 nitrogen and oxygen atoms in total. The Balaban J connectivity index is 2.58. The number of nitrogens with zero attached hydrogens (tertiary/aromatic N) is 3. The van der Waals surface area contributed by atoms with Crippen LogP contribution >= 0.6 is 23.2 Å². The van der Waals surface area contributed by atoms with Crippen LogP contribution in [0.5, 0.6) is 0 Å². The van der Waals surface area contributed by atoms with E-state index in [1.165, 1.54) is 19.0 Å². The van der Waals surface area contributed by atoms with Gasteiger partial charge in [0.2, 0.25) is 11.8 Å². The molecule has 0 aliphatic rings. The number of aryl methyl sites for hydroxylation is 2. The Morgan fingerprint density at radius 3 is 2.21 bits per heavy atom. The molecule has 0 aromatic heterocycles. The van der Waals surface area contributed by atoms with E-state index in [1.54, 1.807) is 38.1 Å². The lowest BCUT2D eigenvalue weighted by atomic mass is 10.1. The predicted molar refractivity (Wildman–Crippen MR) is 155 cm³/mol. The van der Waals surface area contributed by atoms with Gasteiger partial charge in [0.05, 0.1) is 5.69 Å². The van der Waals surface area contributed by atoms with E-state index in [-0.39, 0.29) is 12.5 Å². The summed E-state index contributed by atoms with van der Waals surface area (Å²) in [5.41, 5.74) is 2.42. The van der Waals surface area contributed by atoms with Gasteiger partial charge >= 0.3 is 10.2 Å². The largest absolute Gasteiger partial charge is 0.354 e. The first-order chi connectivity index (χ1) is 17.8. The molecule has 2 aromatic carbocycles. The van der Waals surface area contributed by atoms with Crippen LogP contribution in [0.1, 0.15) is 49.8 Å². The number of benzene rings is 2. The minimum atomic E-state index is -4.05. The summed E-state index contributed by atoms with van der Waals surface area (Å²) in [5, 5.41) is 3.60. The summed E-state index contributed by atoms with van der Waals surface area (Å²) in [5.74, 6) is -0.865. The Kier molecular flexibility index (Phi) is 11.9. The first-order valence-corrected chi connectivity index (χ1v) is 14.8. The first kappa shape index (κ1) is 31.9. The third-order valence-electron chi connectivity index (χ3n) is 6.26. The van der Waals surface area contributed by atoms with Gasteiger partial charge in [-0.05, 0) is 56.0 Å². The molecule has 2 rings (SSSR count). The lowest BCUT2D eigenvalue weighted by Gasteiger charge is -2.34. The van der Waals surface area contributed by atoms with Gasteiger partial charge in [0.15, 0.2) is 0 Å². The SMILES string of the molecule is CCCCNC(=O)[C@H](CC)N(Cc1c(Cl)cccc1Cl)C(=O)CN(c1cc(C)ccc1C)S(=O)(=O)N(C)C. The number of anilines is 1. The third-order valence-corrected chi connectivity index (χ3v) is 8.77. The highest BCUT2D eigenvalue weighted by atomic mass is 35.5. The van der Waals surface area contributed by atoms with E-state index in [2.05, 4.69) is 5.32 Å². The van der Waals surface area contributed by atoms with Crippen molar-refractivity contribution in [1.29, 1.82) is 0 Å². The quantitative estimate of drug-likeness (QED) is 0.337. The highest BCUT2D eigenvalue weighted by Gasteiger charge is 2.34. The van der Waals surface area contributed by atoms with Gasteiger partial charge in [0.25, 0.3) is 0 Å². The second kappa shape index (κ2) is 14.2. The molecule has 0 heterocycles. The lowest BCUT2D eigenvalue weighted by Crippen LogP contribution is -2.53. The van der Waals surface area contributed by atoms with Gasteiger partial charge in [-0.3, -0.25) is 9.59 Å². The van der Waals surface area contributed by atoms with E-state index >= 15 is 0 Å². The fourth-order valence-electron chi connectivity index (χ4n) is 3.97. The van der Waals surface area contributed by atoms with Gasteiger partial charge in [0, 0.05) is 42.8 Å². The molecule has 2 amide bonds. The van der Waals surface area contributed by atoms with Crippen molar-refractivity contribution in [3.63, 3.8) is 0 Å². The topological polar surface area (TPSA) is 90.0 Å². The summed E-state index contributed by atoms with van der Waals surface area (Å²) in [4.78, 5) is 28.6. The summed E-state index contributed by atoms with van der Waals surface area (Å²) in [6.45, 7) is 7.37. The molecule has 0 saturated carbocycles. The maximum absolute atomic E-state index is 14.0. The first-order valence-electron chi connectivity index (χ1n) is 12.6. The number of carbonyl (C=O) groups excluding carboxylic acids is 2. The van der Waals surface area contributed by atoms with E-state index in [1.807, 2.05) is 26.0 Å². The summed E-state index contributed by atoms with van der Waals surface area (Å²) < 4.78 is 29.0. The summed E-state index contributed by atoms with van der Waals surface area (Å²) in [6, 6.07) is 9.58. The summed E-state index contributed by atoms with van der Waals surface area (Å²) >= 11 is 12.9. The minimum Gasteiger partial charge on any atom is -0.354 e. The molecule has 0 aliphatic heterocycles. The summed E-state index contributed by atoms with van der Waals surface area (Å²) in [6.07, 6.45) is 2.02. The van der Waals surface area contributed by atoms with Gasteiger partial charge in [-0.1, -0.05) is 61.7 Å². The maximum Gasteiger partial charge on any atom is 0.304 e. The van der Waals surface area contributed by atoms with Gasteiger partial charge in [0.1, 0.15) is 12.6 Å². The van der Waals surface area contributed by atoms with E-state index in [4.69, 9.17) is 23.2 Å². The van der Waals surface area contributed by atoms with Gasteiger partial charge in [-0.25, -0.2) is 4.31 Å². The minimum absolute atomic E-state index is 0.0559. The molecule has 0 spiro atoms. The third kappa shape index (κ3) is 7.85. The maximum atomic E-state index is 14.0. The van der Waals surface area contributed by atoms with Crippen molar-refractivity contribution in [3.8, 4) is 0 Å². The number of hydrogen-bond acceptors (Lipinski definition) is 4. The molecular formula is C27H38Cl2N4O4S. The molecule has 0 aliphatic carbocycles. The standard InChI is InChI=1S/C27H38Cl2N4O4S/c1-7-9-15-30-27(35)24(8-2)32(17-21-22(28)11-10-12-23(21)29)26(34)18-33(38(36,37)31(5)6)25-16-19(3)13-14-20(25)4/h10-14,16,24H,7-9,15,17-18H2,1-6H3,(H,30,35)/t24-/m0/s1. The van der Waals surface area contributed by atoms with Crippen LogP contribution < -0.4 is 9.62 Å². The number of rotatable bonds is 13. The molecule has 0 unspecified atom stereocenters. The molecule has 0 radical (unpaired) electrons. The fraction of sp³-hybridized carbons (Fsp3) is 0.481. The lowest BCUT2D eigenvalue weighted by molar-refractivity contribution is -0.140. The van der Waals surface area contributed by atoms with Gasteiger partial charge in [-0.2, -0.15) is 12.7 Å². The Bertz CT molecular complexity index is 1220. The molecule has 2 aromatic rings. The average Bonchev–Trinajstić information content (AvgIpc) is 2.85. The number of amides is 2. The van der Waals surface area contributed by atoms with Crippen LogP contribution in [0.3, 0.4) is 0 Å². The van der Waals surface area contributed by atoms with Crippen molar-refractivity contribution < 1.29 is 18.0 Å². The normalized spacial score (nSPS) is 12.3. The zero-order valence-electron chi connectivity index (χ0n) is 22.9. The second-order valence-electron chi connectivity index (χ2n) is 9.38. The van der Waals surface area contributed by atoms with Crippen LogP contribution in [-0.2, 0) is 26.3 Å². The zero-order valence-corrected chi connectivity index (χ0v) is 25.3. The van der Waals surface area contributed by atoms with Crippen LogP contribution in [0.15, 0.2) is 36.4 Å². The van der Waals surface area contributed by atoms with Crippen molar-refractivity contribution in [2.24, 2.45) is 0 Å². The molecular weight excluding hydrogens is 547 g/mol. The molecule has 0 bridgehead atoms. The molecule has 1 N–H and O–H groups in total. The molecule has 0 saturated heterocycles. The molecule has 1 atom stereocenters. The van der Waals surface area contributed by atoms with Crippen LogP contribution in [0.4, 0.5) is 5.69 Å². The number of hydrogen-bond donors (Lipinski definition) is 1. The van der Waals surface area contributed by atoms with Gasteiger partial charge in [-0.15, -0.1) is 0 Å². The Morgan fingerprint density at radius 1 is 1.03 bits per heavy atom. The summed E-state index contributed by atoms with van der Waals surface area (Å²) in [7, 11) is -1.23. The van der Waals surface area contributed by atoms with Crippen LogP contribution in [-0.4, -0.2) is 62.7 Å². The van der Waals surface area contributed by atoms with E-state index in [0.29, 0.717) is 39.8 Å². The molecule has 210 valence electrons. The van der Waals surface area contributed by atoms with Crippen LogP contribution in [0, 0.1) is 13.8 Å². The van der Waals surface area contributed by atoms with E-state index in [9.17, 15) is 18.0 Å². The Hall–Kier alpha value is -2.33. The number of nitrogens with one attached hydrogen (secondary N) is 1. The molecule has 11 heteroatoms. The van der Waals surface area contributed by atoms with Gasteiger partial charge < -0.3 is 10.2 Å². The number of carbonyl (C=O) groups is 2. The highest BCUT2D eigenvalue weighted by Crippen LogP contribution is 2.29. The van der Waals surface area contributed by atoms with Crippen molar-refractivity contribution in [2.45, 2.75) is 59.5 Å². The van der Waals surface area contributed by atoms with Crippen LogP contribution in [0.2, 0.25) is 10.0 Å². The number of halogens is 2. The van der Waals surface area contributed by atoms with E-state index in [0.717, 1.165) is 27.0 Å². The highest BCUT2D eigenvalue weighted by molar-refractivity contribution is 7.90. The average molecular weight is 586 g/mol. The zero-order chi connectivity index (χ0) is 28.6. The Morgan fingerprint density at radius 2 is 1.66 bits per heavy atom. The molecule has 0 fully saturated rings. The monoisotopic (exact) mass is 584 g/mol.